The minimum Gasteiger partial charge on any atom is -0.268 e. The fourth-order valence-electron chi connectivity index (χ4n) is 1.05. The van der Waals surface area contributed by atoms with Crippen molar-refractivity contribution >= 4 is 12.1 Å². The molecule has 0 aliphatic carbocycles. The van der Waals surface area contributed by atoms with Gasteiger partial charge in [0, 0.05) is 6.21 Å². The van der Waals surface area contributed by atoms with Gasteiger partial charge in [0.15, 0.2) is 0 Å². The van der Waals surface area contributed by atoms with E-state index in [1.165, 1.54) is 31.8 Å². The van der Waals surface area contributed by atoms with Gasteiger partial charge in [0.1, 0.15) is 0 Å². The van der Waals surface area contributed by atoms with Crippen molar-refractivity contribution in [3.8, 4) is 0 Å². The molecule has 0 atom stereocenters. The molecule has 0 unspecified atom stereocenters. The molecule has 1 amide bonds. The number of rotatable bonds is 7. The molecule has 0 saturated heterocycles. The molecule has 0 saturated carbocycles. The van der Waals surface area contributed by atoms with Crippen molar-refractivity contribution < 1.29 is 4.79 Å². The van der Waals surface area contributed by atoms with Crippen molar-refractivity contribution in [2.24, 2.45) is 4.99 Å². The molecule has 0 fully saturated rings. The van der Waals surface area contributed by atoms with Crippen LogP contribution < -0.4 is 0 Å². The fourth-order valence-corrected chi connectivity index (χ4v) is 1.05. The number of carbonyl (C=O) groups is 1. The summed E-state index contributed by atoms with van der Waals surface area (Å²) in [5.41, 5.74) is 0. The predicted molar refractivity (Wildman–Crippen MR) is 57.1 cm³/mol. The van der Waals surface area contributed by atoms with Crippen LogP contribution in [0.15, 0.2) is 17.6 Å². The SMILES string of the molecule is C=CC(=O)N=CCCCCCCC. The van der Waals surface area contributed by atoms with Crippen molar-refractivity contribution in [1.29, 1.82) is 0 Å². The normalized spacial score (nSPS) is 10.5. The molecule has 0 aliphatic heterocycles. The monoisotopic (exact) mass is 181 g/mol. The summed E-state index contributed by atoms with van der Waals surface area (Å²) in [7, 11) is 0. The van der Waals surface area contributed by atoms with Gasteiger partial charge in [0.25, 0.3) is 5.91 Å². The lowest BCUT2D eigenvalue weighted by Crippen LogP contribution is -1.86. The largest absolute Gasteiger partial charge is 0.268 e. The van der Waals surface area contributed by atoms with E-state index in [2.05, 4.69) is 18.5 Å². The molecule has 0 spiro atoms. The molecule has 0 aromatic rings. The summed E-state index contributed by atoms with van der Waals surface area (Å²) < 4.78 is 0. The first-order chi connectivity index (χ1) is 6.31. The molecule has 74 valence electrons. The van der Waals surface area contributed by atoms with Crippen LogP contribution in [-0.4, -0.2) is 12.1 Å². The number of amides is 1. The van der Waals surface area contributed by atoms with Crippen molar-refractivity contribution in [2.75, 3.05) is 0 Å². The highest BCUT2D eigenvalue weighted by Gasteiger charge is 1.88. The van der Waals surface area contributed by atoms with E-state index in [0.29, 0.717) is 0 Å². The molecule has 0 aromatic heterocycles. The lowest BCUT2D eigenvalue weighted by atomic mass is 10.1. The highest BCUT2D eigenvalue weighted by Crippen LogP contribution is 2.03. The molecule has 0 radical (unpaired) electrons. The van der Waals surface area contributed by atoms with Crippen molar-refractivity contribution in [3.63, 3.8) is 0 Å². The van der Waals surface area contributed by atoms with E-state index >= 15 is 0 Å². The van der Waals surface area contributed by atoms with Crippen molar-refractivity contribution in [3.05, 3.63) is 12.7 Å². The highest BCUT2D eigenvalue weighted by molar-refractivity contribution is 5.92. The molecule has 0 aliphatic rings. The van der Waals surface area contributed by atoms with E-state index in [-0.39, 0.29) is 5.91 Å². The van der Waals surface area contributed by atoms with Gasteiger partial charge in [-0.15, -0.1) is 0 Å². The first-order valence-corrected chi connectivity index (χ1v) is 5.00. The van der Waals surface area contributed by atoms with Gasteiger partial charge in [0.05, 0.1) is 0 Å². The average molecular weight is 181 g/mol. The Bertz CT molecular complexity index is 173. The van der Waals surface area contributed by atoms with E-state index in [1.54, 1.807) is 6.21 Å². The topological polar surface area (TPSA) is 29.4 Å². The van der Waals surface area contributed by atoms with Gasteiger partial charge < -0.3 is 0 Å². The van der Waals surface area contributed by atoms with Crippen LogP contribution in [-0.2, 0) is 4.79 Å². The molecule has 2 nitrogen and oxygen atoms in total. The fraction of sp³-hybridized carbons (Fsp3) is 0.636. The zero-order valence-corrected chi connectivity index (χ0v) is 8.46. The van der Waals surface area contributed by atoms with E-state index in [9.17, 15) is 4.79 Å². The second-order valence-corrected chi connectivity index (χ2v) is 3.06. The zero-order valence-electron chi connectivity index (χ0n) is 8.46. The minimum absolute atomic E-state index is 0.242. The maximum Gasteiger partial charge on any atom is 0.268 e. The third-order valence-corrected chi connectivity index (χ3v) is 1.83. The highest BCUT2D eigenvalue weighted by atomic mass is 16.1. The van der Waals surface area contributed by atoms with Crippen LogP contribution in [0.25, 0.3) is 0 Å². The second-order valence-electron chi connectivity index (χ2n) is 3.06. The maximum absolute atomic E-state index is 10.6. The number of unbranched alkanes of at least 4 members (excludes halogenated alkanes) is 5. The summed E-state index contributed by atoms with van der Waals surface area (Å²) in [4.78, 5) is 14.3. The Morgan fingerprint density at radius 1 is 1.31 bits per heavy atom. The minimum atomic E-state index is -0.242. The smallest absolute Gasteiger partial charge is 0.268 e. The van der Waals surface area contributed by atoms with Gasteiger partial charge in [-0.05, 0) is 18.9 Å². The summed E-state index contributed by atoms with van der Waals surface area (Å²) in [5.74, 6) is -0.242. The molecule has 0 rings (SSSR count). The summed E-state index contributed by atoms with van der Waals surface area (Å²) in [5, 5.41) is 0. The van der Waals surface area contributed by atoms with Crippen LogP contribution in [0.3, 0.4) is 0 Å². The van der Waals surface area contributed by atoms with Crippen LogP contribution in [0.5, 0.6) is 0 Å². The molecule has 2 heteroatoms. The Labute approximate surface area is 80.8 Å². The van der Waals surface area contributed by atoms with Gasteiger partial charge in [-0.3, -0.25) is 4.79 Å². The molecule has 0 bridgehead atoms. The lowest BCUT2D eigenvalue weighted by molar-refractivity contribution is -0.113. The number of aliphatic imine (C=N–C) groups is 1. The zero-order chi connectivity index (χ0) is 9.94. The Kier molecular flexibility index (Phi) is 8.52. The quantitative estimate of drug-likeness (QED) is 0.337. The van der Waals surface area contributed by atoms with Crippen molar-refractivity contribution in [2.45, 2.75) is 45.4 Å². The molecule has 0 N–H and O–H groups in total. The third kappa shape index (κ3) is 8.99. The van der Waals surface area contributed by atoms with Crippen LogP contribution in [0.2, 0.25) is 0 Å². The van der Waals surface area contributed by atoms with Crippen LogP contribution in [0.4, 0.5) is 0 Å². The first kappa shape index (κ1) is 12.1. The summed E-state index contributed by atoms with van der Waals surface area (Å²) in [6, 6.07) is 0. The van der Waals surface area contributed by atoms with E-state index in [1.807, 2.05) is 0 Å². The number of hydrogen-bond acceptors (Lipinski definition) is 1. The van der Waals surface area contributed by atoms with Gasteiger partial charge in [-0.2, -0.15) is 0 Å². The van der Waals surface area contributed by atoms with Crippen molar-refractivity contribution in [1.82, 2.24) is 0 Å². The standard InChI is InChI=1S/C11H19NO/c1-3-5-6-7-8-9-10-12-11(13)4-2/h4,10H,2-3,5-9H2,1H3. The number of carbonyl (C=O) groups excluding carboxylic acids is 1. The Morgan fingerprint density at radius 3 is 2.62 bits per heavy atom. The van der Waals surface area contributed by atoms with Gasteiger partial charge >= 0.3 is 0 Å². The first-order valence-electron chi connectivity index (χ1n) is 5.00. The number of hydrogen-bond donors (Lipinski definition) is 0. The van der Waals surface area contributed by atoms with E-state index in [4.69, 9.17) is 0 Å². The summed E-state index contributed by atoms with van der Waals surface area (Å²) >= 11 is 0. The molecular formula is C11H19NO. The Morgan fingerprint density at radius 2 is 2.00 bits per heavy atom. The summed E-state index contributed by atoms with van der Waals surface area (Å²) in [6.07, 6.45) is 10.1. The third-order valence-electron chi connectivity index (χ3n) is 1.83. The Hall–Kier alpha value is -0.920. The van der Waals surface area contributed by atoms with Crippen LogP contribution in [0.1, 0.15) is 45.4 Å². The molecule has 0 aromatic carbocycles. The van der Waals surface area contributed by atoms with E-state index in [0.717, 1.165) is 12.8 Å². The molecule has 13 heavy (non-hydrogen) atoms. The van der Waals surface area contributed by atoms with Crippen LogP contribution >= 0.6 is 0 Å². The number of nitrogens with zero attached hydrogens (tertiary/aromatic N) is 1. The van der Waals surface area contributed by atoms with E-state index < -0.39 is 0 Å². The van der Waals surface area contributed by atoms with Gasteiger partial charge in [-0.25, -0.2) is 4.99 Å². The summed E-state index contributed by atoms with van der Waals surface area (Å²) in [6.45, 7) is 5.54. The predicted octanol–water partition coefficient (Wildman–Crippen LogP) is 3.13. The molecule has 0 heterocycles. The van der Waals surface area contributed by atoms with Crippen LogP contribution in [0, 0.1) is 0 Å². The average Bonchev–Trinajstić information content (AvgIpc) is 2.16. The van der Waals surface area contributed by atoms with Gasteiger partial charge in [0.2, 0.25) is 0 Å². The Balaban J connectivity index is 3.20. The second kappa shape index (κ2) is 9.17. The maximum atomic E-state index is 10.6. The van der Waals surface area contributed by atoms with Gasteiger partial charge in [-0.1, -0.05) is 39.2 Å². The molecular weight excluding hydrogens is 162 g/mol. The lowest BCUT2D eigenvalue weighted by Gasteiger charge is -1.95.